The third-order valence-electron chi connectivity index (χ3n) is 1.49. The van der Waals surface area contributed by atoms with Crippen molar-refractivity contribution in [1.29, 1.82) is 0 Å². The van der Waals surface area contributed by atoms with Gasteiger partial charge >= 0.3 is 0 Å². The maximum Gasteiger partial charge on any atom is 0.213 e. The Morgan fingerprint density at radius 1 is 1.33 bits per heavy atom. The lowest BCUT2D eigenvalue weighted by atomic mass is 10.3. The molecule has 1 N–H and O–H groups in total. The van der Waals surface area contributed by atoms with Gasteiger partial charge in [-0.2, -0.15) is 4.39 Å². The second-order valence-electron chi connectivity index (χ2n) is 2.31. The Balaban J connectivity index is 2.48. The predicted molar refractivity (Wildman–Crippen MR) is 41.8 cm³/mol. The minimum atomic E-state index is -0.484. The highest BCUT2D eigenvalue weighted by molar-refractivity contribution is 5.51. The standard InChI is InChI=1S/C8H6FN3/c9-8-3-1-2-6(12-8)7-4-10-5-11-7/h1-5H,(H,10,11). The lowest BCUT2D eigenvalue weighted by Crippen LogP contribution is -1.86. The Morgan fingerprint density at radius 2 is 2.25 bits per heavy atom. The highest BCUT2D eigenvalue weighted by Gasteiger charge is 2.00. The van der Waals surface area contributed by atoms with Crippen LogP contribution in [0.15, 0.2) is 30.7 Å². The first-order chi connectivity index (χ1) is 5.86. The number of rotatable bonds is 1. The van der Waals surface area contributed by atoms with Crippen LogP contribution in [0.25, 0.3) is 11.4 Å². The van der Waals surface area contributed by atoms with E-state index in [-0.39, 0.29) is 0 Å². The first-order valence-electron chi connectivity index (χ1n) is 3.47. The van der Waals surface area contributed by atoms with Crippen LogP contribution in [0, 0.1) is 5.95 Å². The Morgan fingerprint density at radius 3 is 2.92 bits per heavy atom. The summed E-state index contributed by atoms with van der Waals surface area (Å²) in [5, 5.41) is 0. The van der Waals surface area contributed by atoms with E-state index in [2.05, 4.69) is 15.0 Å². The summed E-state index contributed by atoms with van der Waals surface area (Å²) in [6.07, 6.45) is 3.13. The van der Waals surface area contributed by atoms with Gasteiger partial charge in [-0.3, -0.25) is 0 Å². The largest absolute Gasteiger partial charge is 0.343 e. The zero-order chi connectivity index (χ0) is 8.39. The molecular weight excluding hydrogens is 157 g/mol. The van der Waals surface area contributed by atoms with Gasteiger partial charge in [-0.25, -0.2) is 9.97 Å². The SMILES string of the molecule is Fc1cccc(-c2cnc[nH]2)n1. The number of nitrogens with one attached hydrogen (secondary N) is 1. The van der Waals surface area contributed by atoms with Gasteiger partial charge in [-0.1, -0.05) is 6.07 Å². The minimum Gasteiger partial charge on any atom is -0.343 e. The van der Waals surface area contributed by atoms with Gasteiger partial charge in [0, 0.05) is 0 Å². The Hall–Kier alpha value is -1.71. The van der Waals surface area contributed by atoms with Crippen LogP contribution in [0.5, 0.6) is 0 Å². The normalized spacial score (nSPS) is 10.1. The molecule has 0 saturated carbocycles. The number of hydrogen-bond donors (Lipinski definition) is 1. The molecule has 0 aliphatic carbocycles. The summed E-state index contributed by atoms with van der Waals surface area (Å²) in [5.41, 5.74) is 1.28. The second-order valence-corrected chi connectivity index (χ2v) is 2.31. The van der Waals surface area contributed by atoms with Crippen molar-refractivity contribution in [1.82, 2.24) is 15.0 Å². The fourth-order valence-electron chi connectivity index (χ4n) is 0.954. The lowest BCUT2D eigenvalue weighted by molar-refractivity contribution is 0.585. The molecule has 0 saturated heterocycles. The third kappa shape index (κ3) is 1.18. The van der Waals surface area contributed by atoms with E-state index in [1.165, 1.54) is 12.4 Å². The van der Waals surface area contributed by atoms with Crippen molar-refractivity contribution in [2.45, 2.75) is 0 Å². The van der Waals surface area contributed by atoms with E-state index in [1.807, 2.05) is 0 Å². The number of halogens is 1. The van der Waals surface area contributed by atoms with Gasteiger partial charge in [0.2, 0.25) is 5.95 Å². The van der Waals surface area contributed by atoms with E-state index >= 15 is 0 Å². The molecule has 0 bridgehead atoms. The van der Waals surface area contributed by atoms with E-state index < -0.39 is 5.95 Å². The van der Waals surface area contributed by atoms with Crippen LogP contribution in [0.1, 0.15) is 0 Å². The monoisotopic (exact) mass is 163 g/mol. The summed E-state index contributed by atoms with van der Waals surface area (Å²) < 4.78 is 12.6. The van der Waals surface area contributed by atoms with Crippen molar-refractivity contribution in [2.24, 2.45) is 0 Å². The van der Waals surface area contributed by atoms with Gasteiger partial charge in [0.25, 0.3) is 0 Å². The van der Waals surface area contributed by atoms with Crippen LogP contribution >= 0.6 is 0 Å². The number of aromatic nitrogens is 3. The number of hydrogen-bond acceptors (Lipinski definition) is 2. The van der Waals surface area contributed by atoms with Crippen molar-refractivity contribution < 1.29 is 4.39 Å². The predicted octanol–water partition coefficient (Wildman–Crippen LogP) is 1.61. The maximum absolute atomic E-state index is 12.6. The third-order valence-corrected chi connectivity index (χ3v) is 1.49. The molecule has 2 aromatic heterocycles. The number of aromatic amines is 1. The summed E-state index contributed by atoms with van der Waals surface area (Å²) in [6, 6.07) is 4.63. The smallest absolute Gasteiger partial charge is 0.213 e. The van der Waals surface area contributed by atoms with E-state index in [0.29, 0.717) is 5.69 Å². The van der Waals surface area contributed by atoms with E-state index in [9.17, 15) is 4.39 Å². The van der Waals surface area contributed by atoms with Crippen molar-refractivity contribution >= 4 is 0 Å². The summed E-state index contributed by atoms with van der Waals surface area (Å²) in [5.74, 6) is -0.484. The zero-order valence-corrected chi connectivity index (χ0v) is 6.16. The number of nitrogens with zero attached hydrogens (tertiary/aromatic N) is 2. The molecule has 0 atom stereocenters. The topological polar surface area (TPSA) is 41.6 Å². The van der Waals surface area contributed by atoms with Gasteiger partial charge in [0.05, 0.1) is 23.9 Å². The van der Waals surface area contributed by atoms with Crippen LogP contribution in [-0.4, -0.2) is 15.0 Å². The Bertz CT molecular complexity index is 370. The molecule has 12 heavy (non-hydrogen) atoms. The van der Waals surface area contributed by atoms with Crippen LogP contribution in [-0.2, 0) is 0 Å². The fraction of sp³-hybridized carbons (Fsp3) is 0. The van der Waals surface area contributed by atoms with Crippen molar-refractivity contribution in [3.63, 3.8) is 0 Å². The van der Waals surface area contributed by atoms with Crippen molar-refractivity contribution in [2.75, 3.05) is 0 Å². The molecule has 4 heteroatoms. The Labute approximate surface area is 68.3 Å². The summed E-state index contributed by atoms with van der Waals surface area (Å²) in [6.45, 7) is 0. The van der Waals surface area contributed by atoms with Gasteiger partial charge in [0.1, 0.15) is 0 Å². The van der Waals surface area contributed by atoms with Crippen LogP contribution in [0.3, 0.4) is 0 Å². The molecule has 0 radical (unpaired) electrons. The van der Waals surface area contributed by atoms with Crippen LogP contribution < -0.4 is 0 Å². The van der Waals surface area contributed by atoms with Gasteiger partial charge in [0.15, 0.2) is 0 Å². The average Bonchev–Trinajstić information content (AvgIpc) is 2.56. The minimum absolute atomic E-state index is 0.484. The highest BCUT2D eigenvalue weighted by Crippen LogP contribution is 2.11. The molecule has 0 spiro atoms. The summed E-state index contributed by atoms with van der Waals surface area (Å²) in [4.78, 5) is 10.3. The quantitative estimate of drug-likeness (QED) is 0.649. The van der Waals surface area contributed by atoms with Crippen molar-refractivity contribution in [3.05, 3.63) is 36.7 Å². The summed E-state index contributed by atoms with van der Waals surface area (Å²) in [7, 11) is 0. The molecule has 2 heterocycles. The molecule has 60 valence electrons. The second kappa shape index (κ2) is 2.73. The van der Waals surface area contributed by atoms with Gasteiger partial charge in [-0.15, -0.1) is 0 Å². The molecule has 0 aliphatic heterocycles. The summed E-state index contributed by atoms with van der Waals surface area (Å²) >= 11 is 0. The van der Waals surface area contributed by atoms with Gasteiger partial charge in [-0.05, 0) is 12.1 Å². The molecule has 0 aromatic carbocycles. The number of pyridine rings is 1. The highest BCUT2D eigenvalue weighted by atomic mass is 19.1. The fourth-order valence-corrected chi connectivity index (χ4v) is 0.954. The number of H-pyrrole nitrogens is 1. The zero-order valence-electron chi connectivity index (χ0n) is 6.16. The molecule has 0 fully saturated rings. The van der Waals surface area contributed by atoms with Crippen LogP contribution in [0.4, 0.5) is 4.39 Å². The van der Waals surface area contributed by atoms with Gasteiger partial charge < -0.3 is 4.98 Å². The molecule has 2 rings (SSSR count). The number of imidazole rings is 1. The molecule has 2 aromatic rings. The van der Waals surface area contributed by atoms with E-state index in [0.717, 1.165) is 5.69 Å². The molecule has 0 unspecified atom stereocenters. The lowest BCUT2D eigenvalue weighted by Gasteiger charge is -1.94. The molecule has 3 nitrogen and oxygen atoms in total. The molecular formula is C8H6FN3. The molecule has 0 aliphatic rings. The Kier molecular flexibility index (Phi) is 1.59. The first-order valence-corrected chi connectivity index (χ1v) is 3.47. The van der Waals surface area contributed by atoms with Crippen LogP contribution in [0.2, 0.25) is 0 Å². The van der Waals surface area contributed by atoms with E-state index in [4.69, 9.17) is 0 Å². The van der Waals surface area contributed by atoms with Crippen molar-refractivity contribution in [3.8, 4) is 11.4 Å². The van der Waals surface area contributed by atoms with E-state index in [1.54, 1.807) is 18.3 Å². The average molecular weight is 163 g/mol. The molecule has 0 amide bonds. The maximum atomic E-state index is 12.6. The first kappa shape index (κ1) is 6.97.